The van der Waals surface area contributed by atoms with E-state index in [2.05, 4.69) is 10.3 Å². The first-order valence-electron chi connectivity index (χ1n) is 4.79. The van der Waals surface area contributed by atoms with E-state index in [1.165, 1.54) is 5.56 Å². The van der Waals surface area contributed by atoms with Crippen molar-refractivity contribution in [1.82, 2.24) is 10.3 Å². The number of aliphatic hydroxyl groups excluding tert-OH is 1. The summed E-state index contributed by atoms with van der Waals surface area (Å²) in [6, 6.07) is 3.80. The van der Waals surface area contributed by atoms with Crippen LogP contribution in [0.4, 0.5) is 0 Å². The molecule has 14 heavy (non-hydrogen) atoms. The molecule has 1 rings (SSSR count). The molecule has 0 spiro atoms. The largest absolute Gasteiger partial charge is 0.395 e. The standard InChI is InChI=1S/C10H17N3O/c11-10(8-14)7-13-5-3-9-2-1-4-12-6-9/h1-2,4,6,10,13-14H,3,5,7-8,11H2. The Labute approximate surface area is 84.2 Å². The third-order valence-corrected chi connectivity index (χ3v) is 1.95. The van der Waals surface area contributed by atoms with Gasteiger partial charge in [-0.25, -0.2) is 0 Å². The highest BCUT2D eigenvalue weighted by molar-refractivity contribution is 5.08. The van der Waals surface area contributed by atoms with Crippen molar-refractivity contribution in [3.05, 3.63) is 30.1 Å². The van der Waals surface area contributed by atoms with Crippen LogP contribution in [0.3, 0.4) is 0 Å². The zero-order valence-electron chi connectivity index (χ0n) is 8.19. The van der Waals surface area contributed by atoms with Crippen molar-refractivity contribution in [2.75, 3.05) is 19.7 Å². The van der Waals surface area contributed by atoms with Crippen LogP contribution in [-0.4, -0.2) is 35.8 Å². The zero-order chi connectivity index (χ0) is 10.2. The van der Waals surface area contributed by atoms with Crippen LogP contribution in [0.25, 0.3) is 0 Å². The molecule has 4 N–H and O–H groups in total. The van der Waals surface area contributed by atoms with E-state index in [4.69, 9.17) is 10.8 Å². The number of hydrogen-bond donors (Lipinski definition) is 3. The Morgan fingerprint density at radius 3 is 3.07 bits per heavy atom. The molecule has 0 aliphatic carbocycles. The van der Waals surface area contributed by atoms with Gasteiger partial charge in [-0.15, -0.1) is 0 Å². The van der Waals surface area contributed by atoms with Gasteiger partial charge in [0, 0.05) is 25.0 Å². The summed E-state index contributed by atoms with van der Waals surface area (Å²) in [6.45, 7) is 1.54. The van der Waals surface area contributed by atoms with Gasteiger partial charge in [-0.05, 0) is 24.6 Å². The van der Waals surface area contributed by atoms with Gasteiger partial charge in [-0.2, -0.15) is 0 Å². The summed E-state index contributed by atoms with van der Waals surface area (Å²) >= 11 is 0. The SMILES string of the molecule is NC(CO)CNCCc1cccnc1. The van der Waals surface area contributed by atoms with E-state index < -0.39 is 0 Å². The molecule has 0 amide bonds. The number of rotatable bonds is 6. The molecule has 0 saturated heterocycles. The summed E-state index contributed by atoms with van der Waals surface area (Å²) in [4.78, 5) is 4.02. The van der Waals surface area contributed by atoms with Crippen LogP contribution >= 0.6 is 0 Å². The Morgan fingerprint density at radius 1 is 1.57 bits per heavy atom. The molecule has 0 radical (unpaired) electrons. The van der Waals surface area contributed by atoms with E-state index in [0.29, 0.717) is 6.54 Å². The van der Waals surface area contributed by atoms with Crippen LogP contribution in [-0.2, 0) is 6.42 Å². The maximum atomic E-state index is 8.68. The summed E-state index contributed by atoms with van der Waals surface area (Å²) in [6.07, 6.45) is 4.55. The average Bonchev–Trinajstić information content (AvgIpc) is 2.25. The van der Waals surface area contributed by atoms with Gasteiger partial charge in [-0.1, -0.05) is 6.07 Å². The van der Waals surface area contributed by atoms with Gasteiger partial charge in [0.2, 0.25) is 0 Å². The third-order valence-electron chi connectivity index (χ3n) is 1.95. The quantitative estimate of drug-likeness (QED) is 0.537. The molecule has 0 fully saturated rings. The molecule has 4 nitrogen and oxygen atoms in total. The van der Waals surface area contributed by atoms with E-state index in [-0.39, 0.29) is 12.6 Å². The Balaban J connectivity index is 2.10. The average molecular weight is 195 g/mol. The second-order valence-electron chi connectivity index (χ2n) is 3.26. The van der Waals surface area contributed by atoms with Crippen LogP contribution in [0.5, 0.6) is 0 Å². The lowest BCUT2D eigenvalue weighted by atomic mass is 10.2. The van der Waals surface area contributed by atoms with Crippen molar-refractivity contribution in [1.29, 1.82) is 0 Å². The van der Waals surface area contributed by atoms with Crippen molar-refractivity contribution in [3.8, 4) is 0 Å². The van der Waals surface area contributed by atoms with Crippen LogP contribution in [0.1, 0.15) is 5.56 Å². The van der Waals surface area contributed by atoms with Gasteiger partial charge >= 0.3 is 0 Å². The molecule has 0 aromatic carbocycles. The molecule has 4 heteroatoms. The molecule has 1 aromatic rings. The summed E-state index contributed by atoms with van der Waals surface area (Å²) in [7, 11) is 0. The van der Waals surface area contributed by atoms with Gasteiger partial charge in [0.05, 0.1) is 6.61 Å². The summed E-state index contributed by atoms with van der Waals surface area (Å²) < 4.78 is 0. The van der Waals surface area contributed by atoms with E-state index >= 15 is 0 Å². The maximum absolute atomic E-state index is 8.68. The zero-order valence-corrected chi connectivity index (χ0v) is 8.19. The summed E-state index contributed by atoms with van der Waals surface area (Å²) in [5.74, 6) is 0. The van der Waals surface area contributed by atoms with Crippen molar-refractivity contribution >= 4 is 0 Å². The van der Waals surface area contributed by atoms with E-state index in [1.54, 1.807) is 6.20 Å². The fourth-order valence-electron chi connectivity index (χ4n) is 1.13. The van der Waals surface area contributed by atoms with E-state index in [9.17, 15) is 0 Å². The molecule has 0 bridgehead atoms. The lowest BCUT2D eigenvalue weighted by Gasteiger charge is -2.09. The van der Waals surface area contributed by atoms with Gasteiger partial charge in [0.15, 0.2) is 0 Å². The molecular formula is C10H17N3O. The molecular weight excluding hydrogens is 178 g/mol. The Hall–Kier alpha value is -0.970. The molecule has 1 unspecified atom stereocenters. The molecule has 1 atom stereocenters. The van der Waals surface area contributed by atoms with Gasteiger partial charge < -0.3 is 16.2 Å². The Morgan fingerprint density at radius 2 is 2.43 bits per heavy atom. The molecule has 0 saturated carbocycles. The predicted molar refractivity (Wildman–Crippen MR) is 55.9 cm³/mol. The van der Waals surface area contributed by atoms with Gasteiger partial charge in [0.1, 0.15) is 0 Å². The van der Waals surface area contributed by atoms with Crippen molar-refractivity contribution < 1.29 is 5.11 Å². The number of aromatic nitrogens is 1. The predicted octanol–water partition coefficient (Wildman–Crippen LogP) is -0.467. The van der Waals surface area contributed by atoms with Crippen LogP contribution < -0.4 is 11.1 Å². The number of aliphatic hydroxyl groups is 1. The second-order valence-corrected chi connectivity index (χ2v) is 3.26. The highest BCUT2D eigenvalue weighted by atomic mass is 16.3. The smallest absolute Gasteiger partial charge is 0.0594 e. The molecule has 0 aliphatic rings. The third kappa shape index (κ3) is 4.32. The lowest BCUT2D eigenvalue weighted by molar-refractivity contribution is 0.262. The fourth-order valence-corrected chi connectivity index (χ4v) is 1.13. The Kier molecular flexibility index (Phi) is 5.14. The van der Waals surface area contributed by atoms with Gasteiger partial charge in [-0.3, -0.25) is 4.98 Å². The molecule has 1 aromatic heterocycles. The normalized spacial score (nSPS) is 12.7. The molecule has 0 aliphatic heterocycles. The highest BCUT2D eigenvalue weighted by Crippen LogP contribution is 1.95. The topological polar surface area (TPSA) is 71.2 Å². The first-order valence-corrected chi connectivity index (χ1v) is 4.79. The highest BCUT2D eigenvalue weighted by Gasteiger charge is 1.98. The van der Waals surface area contributed by atoms with Crippen LogP contribution in [0.15, 0.2) is 24.5 Å². The maximum Gasteiger partial charge on any atom is 0.0594 e. The number of nitrogens with two attached hydrogens (primary N) is 1. The number of hydrogen-bond acceptors (Lipinski definition) is 4. The van der Waals surface area contributed by atoms with Gasteiger partial charge in [0.25, 0.3) is 0 Å². The first-order chi connectivity index (χ1) is 6.83. The summed E-state index contributed by atoms with van der Waals surface area (Å²) in [5, 5.41) is 11.8. The fraction of sp³-hybridized carbons (Fsp3) is 0.500. The first kappa shape index (κ1) is 11.1. The number of pyridine rings is 1. The van der Waals surface area contributed by atoms with Crippen LogP contribution in [0.2, 0.25) is 0 Å². The Bertz CT molecular complexity index is 240. The second kappa shape index (κ2) is 6.48. The monoisotopic (exact) mass is 195 g/mol. The van der Waals surface area contributed by atoms with Crippen molar-refractivity contribution in [2.24, 2.45) is 5.73 Å². The van der Waals surface area contributed by atoms with E-state index in [1.807, 2.05) is 18.3 Å². The molecule has 78 valence electrons. The van der Waals surface area contributed by atoms with Crippen molar-refractivity contribution in [3.63, 3.8) is 0 Å². The summed E-state index contributed by atoms with van der Waals surface area (Å²) in [5.41, 5.74) is 6.73. The minimum atomic E-state index is -0.163. The van der Waals surface area contributed by atoms with Crippen LogP contribution in [0, 0.1) is 0 Å². The minimum absolute atomic E-state index is 0.0277. The van der Waals surface area contributed by atoms with Crippen molar-refractivity contribution in [2.45, 2.75) is 12.5 Å². The van der Waals surface area contributed by atoms with E-state index in [0.717, 1.165) is 13.0 Å². The lowest BCUT2D eigenvalue weighted by Crippen LogP contribution is -2.37. The minimum Gasteiger partial charge on any atom is -0.395 e. The molecule has 1 heterocycles. The number of nitrogens with one attached hydrogen (secondary N) is 1. The number of nitrogens with zero attached hydrogens (tertiary/aromatic N) is 1.